The van der Waals surface area contributed by atoms with Crippen LogP contribution in [0.1, 0.15) is 15.9 Å². The number of amidine groups is 1. The number of hydrogen-bond donors (Lipinski definition) is 3. The fourth-order valence-corrected chi connectivity index (χ4v) is 2.16. The number of hydrogen-bond acceptors (Lipinski definition) is 4. The minimum atomic E-state index is -0.345. The molecular formula is C13H10BrClN4O2. The second-order valence-corrected chi connectivity index (χ2v) is 5.35. The molecule has 8 heteroatoms. The normalized spacial score (nSPS) is 11.2. The van der Waals surface area contributed by atoms with Crippen molar-refractivity contribution in [2.75, 3.05) is 5.32 Å². The Hall–Kier alpha value is -2.12. The zero-order valence-corrected chi connectivity index (χ0v) is 12.9. The van der Waals surface area contributed by atoms with Crippen molar-refractivity contribution in [2.45, 2.75) is 0 Å². The molecule has 108 valence electrons. The van der Waals surface area contributed by atoms with Crippen molar-refractivity contribution in [1.29, 1.82) is 0 Å². The zero-order chi connectivity index (χ0) is 15.4. The van der Waals surface area contributed by atoms with E-state index < -0.39 is 0 Å². The van der Waals surface area contributed by atoms with Gasteiger partial charge in [-0.15, -0.1) is 0 Å². The molecule has 0 unspecified atom stereocenters. The highest BCUT2D eigenvalue weighted by Crippen LogP contribution is 2.24. The van der Waals surface area contributed by atoms with E-state index in [-0.39, 0.29) is 16.8 Å². The first-order valence-corrected chi connectivity index (χ1v) is 6.87. The van der Waals surface area contributed by atoms with E-state index in [9.17, 15) is 4.79 Å². The Morgan fingerprint density at radius 3 is 2.71 bits per heavy atom. The van der Waals surface area contributed by atoms with E-state index in [0.29, 0.717) is 21.3 Å². The molecular weight excluding hydrogens is 360 g/mol. The third-order valence-electron chi connectivity index (χ3n) is 2.59. The largest absolute Gasteiger partial charge is 0.409 e. The molecule has 0 aliphatic heterocycles. The van der Waals surface area contributed by atoms with Crippen LogP contribution in [0.5, 0.6) is 0 Å². The van der Waals surface area contributed by atoms with Gasteiger partial charge in [0.15, 0.2) is 5.84 Å². The Bertz CT molecular complexity index is 721. The maximum atomic E-state index is 12.1. The summed E-state index contributed by atoms with van der Waals surface area (Å²) in [5, 5.41) is 14.4. The van der Waals surface area contributed by atoms with Crippen LogP contribution in [0.4, 0.5) is 5.69 Å². The molecule has 0 aliphatic carbocycles. The summed E-state index contributed by atoms with van der Waals surface area (Å²) in [6, 6.07) is 6.28. The third kappa shape index (κ3) is 3.71. The van der Waals surface area contributed by atoms with Gasteiger partial charge in [0.2, 0.25) is 0 Å². The van der Waals surface area contributed by atoms with Crippen LogP contribution in [0.3, 0.4) is 0 Å². The van der Waals surface area contributed by atoms with Crippen molar-refractivity contribution in [2.24, 2.45) is 10.9 Å². The van der Waals surface area contributed by atoms with E-state index in [1.807, 2.05) is 0 Å². The summed E-state index contributed by atoms with van der Waals surface area (Å²) in [5.74, 6) is -0.409. The Morgan fingerprint density at radius 1 is 1.33 bits per heavy atom. The van der Waals surface area contributed by atoms with E-state index in [4.69, 9.17) is 22.5 Å². The lowest BCUT2D eigenvalue weighted by molar-refractivity contribution is 0.102. The zero-order valence-electron chi connectivity index (χ0n) is 10.5. The highest BCUT2D eigenvalue weighted by molar-refractivity contribution is 9.10. The van der Waals surface area contributed by atoms with Crippen molar-refractivity contribution in [3.05, 3.63) is 57.3 Å². The molecule has 4 N–H and O–H groups in total. The van der Waals surface area contributed by atoms with Gasteiger partial charge in [-0.2, -0.15) is 0 Å². The lowest BCUT2D eigenvalue weighted by Gasteiger charge is -2.08. The number of nitrogens with one attached hydrogen (secondary N) is 1. The van der Waals surface area contributed by atoms with Gasteiger partial charge >= 0.3 is 0 Å². The molecule has 21 heavy (non-hydrogen) atoms. The van der Waals surface area contributed by atoms with Crippen LogP contribution in [0.15, 0.2) is 46.3 Å². The number of benzene rings is 1. The molecule has 0 saturated carbocycles. The average molecular weight is 370 g/mol. The molecule has 0 fully saturated rings. The summed E-state index contributed by atoms with van der Waals surface area (Å²) >= 11 is 9.31. The maximum Gasteiger partial charge on any atom is 0.257 e. The first-order valence-electron chi connectivity index (χ1n) is 5.70. The van der Waals surface area contributed by atoms with Crippen LogP contribution in [0, 0.1) is 0 Å². The summed E-state index contributed by atoms with van der Waals surface area (Å²) in [4.78, 5) is 16.0. The van der Waals surface area contributed by atoms with Gasteiger partial charge < -0.3 is 16.3 Å². The van der Waals surface area contributed by atoms with E-state index >= 15 is 0 Å². The lowest BCUT2D eigenvalue weighted by atomic mass is 10.2. The predicted molar refractivity (Wildman–Crippen MR) is 83.9 cm³/mol. The average Bonchev–Trinajstić information content (AvgIpc) is 2.48. The number of nitrogens with zero attached hydrogens (tertiary/aromatic N) is 2. The third-order valence-corrected chi connectivity index (χ3v) is 3.33. The van der Waals surface area contributed by atoms with Crippen molar-refractivity contribution >= 4 is 45.0 Å². The van der Waals surface area contributed by atoms with Crippen molar-refractivity contribution in [3.8, 4) is 0 Å². The topological polar surface area (TPSA) is 101 Å². The molecule has 0 saturated heterocycles. The molecule has 0 radical (unpaired) electrons. The molecule has 6 nitrogen and oxygen atoms in total. The van der Waals surface area contributed by atoms with Gasteiger partial charge in [-0.25, -0.2) is 0 Å². The molecule has 1 aromatic heterocycles. The van der Waals surface area contributed by atoms with Crippen LogP contribution in [-0.2, 0) is 0 Å². The van der Waals surface area contributed by atoms with Gasteiger partial charge in [0.1, 0.15) is 0 Å². The fraction of sp³-hybridized carbons (Fsp3) is 0. The smallest absolute Gasteiger partial charge is 0.257 e. The summed E-state index contributed by atoms with van der Waals surface area (Å²) < 4.78 is 0.698. The van der Waals surface area contributed by atoms with Crippen molar-refractivity contribution in [1.82, 2.24) is 4.98 Å². The van der Waals surface area contributed by atoms with Crippen LogP contribution < -0.4 is 11.1 Å². The van der Waals surface area contributed by atoms with Gasteiger partial charge in [-0.05, 0) is 40.2 Å². The quantitative estimate of drug-likeness (QED) is 0.335. The minimum absolute atomic E-state index is 0.0639. The Morgan fingerprint density at radius 2 is 2.10 bits per heavy atom. The van der Waals surface area contributed by atoms with Crippen LogP contribution >= 0.6 is 27.5 Å². The van der Waals surface area contributed by atoms with E-state index in [1.165, 1.54) is 12.3 Å². The molecule has 0 atom stereocenters. The van der Waals surface area contributed by atoms with Gasteiger partial charge in [0.25, 0.3) is 5.91 Å². The monoisotopic (exact) mass is 368 g/mol. The number of carbonyl (C=O) groups is 1. The molecule has 1 heterocycles. The molecule has 2 aromatic rings. The fourth-order valence-electron chi connectivity index (χ4n) is 1.56. The number of aromatic nitrogens is 1. The van der Waals surface area contributed by atoms with Gasteiger partial charge in [0, 0.05) is 22.4 Å². The van der Waals surface area contributed by atoms with E-state index in [1.54, 1.807) is 24.4 Å². The Balaban J connectivity index is 2.22. The van der Waals surface area contributed by atoms with Gasteiger partial charge in [-0.3, -0.25) is 9.78 Å². The molecule has 0 aliphatic rings. The summed E-state index contributed by atoms with van der Waals surface area (Å²) in [7, 11) is 0. The molecule has 1 aromatic carbocycles. The number of amides is 1. The van der Waals surface area contributed by atoms with Gasteiger partial charge in [0.05, 0.1) is 16.3 Å². The van der Waals surface area contributed by atoms with Crippen LogP contribution in [0.2, 0.25) is 5.02 Å². The SMILES string of the molecule is N/C(=N/O)c1ccc(NC(=O)c2cncc(Br)c2)c(Cl)c1. The lowest BCUT2D eigenvalue weighted by Crippen LogP contribution is -2.15. The number of anilines is 1. The van der Waals surface area contributed by atoms with Crippen molar-refractivity contribution in [3.63, 3.8) is 0 Å². The molecule has 0 bridgehead atoms. The number of rotatable bonds is 3. The van der Waals surface area contributed by atoms with E-state index in [0.717, 1.165) is 0 Å². The maximum absolute atomic E-state index is 12.1. The Kier molecular flexibility index (Phi) is 4.77. The Labute approximate surface area is 133 Å². The standard InChI is InChI=1S/C13H10BrClN4O2/c14-9-3-8(5-17-6-9)13(20)18-11-2-1-7(4-10(11)15)12(16)19-21/h1-6,21H,(H2,16,19)(H,18,20). The van der Waals surface area contributed by atoms with Crippen LogP contribution in [0.25, 0.3) is 0 Å². The van der Waals surface area contributed by atoms with Crippen LogP contribution in [-0.4, -0.2) is 21.9 Å². The number of pyridine rings is 1. The highest BCUT2D eigenvalue weighted by atomic mass is 79.9. The van der Waals surface area contributed by atoms with E-state index in [2.05, 4.69) is 31.4 Å². The first kappa shape index (κ1) is 15.3. The predicted octanol–water partition coefficient (Wildman–Crippen LogP) is 2.84. The number of carbonyl (C=O) groups excluding carboxylic acids is 1. The summed E-state index contributed by atoms with van der Waals surface area (Å²) in [5.41, 5.74) is 6.71. The minimum Gasteiger partial charge on any atom is -0.409 e. The highest BCUT2D eigenvalue weighted by Gasteiger charge is 2.10. The summed E-state index contributed by atoms with van der Waals surface area (Å²) in [6.07, 6.45) is 3.02. The second-order valence-electron chi connectivity index (χ2n) is 4.03. The molecule has 0 spiro atoms. The van der Waals surface area contributed by atoms with Gasteiger partial charge in [-0.1, -0.05) is 16.8 Å². The van der Waals surface area contributed by atoms with Crippen molar-refractivity contribution < 1.29 is 10.0 Å². The summed E-state index contributed by atoms with van der Waals surface area (Å²) in [6.45, 7) is 0. The number of halogens is 2. The molecule has 1 amide bonds. The molecule has 2 rings (SSSR count). The number of oxime groups is 1. The first-order chi connectivity index (χ1) is 10.0. The second kappa shape index (κ2) is 6.55. The number of nitrogens with two attached hydrogens (primary N) is 1.